The second-order valence-corrected chi connectivity index (χ2v) is 14.6. The SMILES string of the molecule is C=CC(=O)NC1CCC1.C=CC(=O)OCCOCCOC.[3H]C(P)OC(=O)C=C.[3H]C(P)OC(=O)CC(CC)CC(CC(=O)OCCOCCOC)CC(C)CC(=O)NC1CCC1.[B].[NH]=[Al]. The number of esters is 4. The van der Waals surface area contributed by atoms with E-state index in [-0.39, 0.29) is 70.0 Å². The van der Waals surface area contributed by atoms with E-state index in [1.54, 1.807) is 30.3 Å². The Morgan fingerprint density at radius 2 is 1.12 bits per heavy atom. The van der Waals surface area contributed by atoms with Crippen LogP contribution in [-0.4, -0.2) is 152 Å². The summed E-state index contributed by atoms with van der Waals surface area (Å²) in [6.45, 7) is 16.9. The number of carbonyl (C=O) groups is 6. The molecule has 3 N–H and O–H groups in total. The van der Waals surface area contributed by atoms with E-state index >= 15 is 0 Å². The van der Waals surface area contributed by atoms with Gasteiger partial charge in [0.25, 0.3) is 0 Å². The molecule has 0 aromatic heterocycles. The van der Waals surface area contributed by atoms with E-state index in [1.165, 1.54) is 18.9 Å². The van der Waals surface area contributed by atoms with Crippen molar-refractivity contribution < 1.29 is 69.4 Å². The summed E-state index contributed by atoms with van der Waals surface area (Å²) in [5.74, 6) is -1.58. The Bertz CT molecular complexity index is 1340. The standard InChI is InChI=1S/C24H44NO7P.C8H14O4.C7H11NO.C4H7O2P.Al.B.HN/c1-4-19(15-24(28)32-17-33)14-20(16-23(27)31-11-10-30-9-8-29-3)12-18(2)13-22(26)25-21-6-5-7-21;1-3-8(9)12-7-6-11-5-4-10-2;1-2-7(9)8-6-4-3-5-6;1-2-4(5)6-3-7;;;/h18-21H,4-17,33H2,1-3H3,(H,25,26);3H,1,4-7H2,2H3;2,6H,1,3-5H2,(H,8,9);2H,1,3,7H2;;;1H/i17T;;;3T;;;. The van der Waals surface area contributed by atoms with Crippen LogP contribution in [0.3, 0.4) is 0 Å². The quantitative estimate of drug-likeness (QED) is 0.0220. The fourth-order valence-electron chi connectivity index (χ4n) is 5.48. The van der Waals surface area contributed by atoms with Crippen molar-refractivity contribution >= 4 is 78.7 Å². The Morgan fingerprint density at radius 1 is 0.672 bits per heavy atom. The maximum absolute atomic E-state index is 12.5. The van der Waals surface area contributed by atoms with Crippen molar-refractivity contribution in [3.63, 3.8) is 0 Å². The van der Waals surface area contributed by atoms with Gasteiger partial charge in [0, 0.05) is 66.1 Å². The minimum atomic E-state index is -0.976. The predicted octanol–water partition coefficient (Wildman–Crippen LogP) is 4.77. The van der Waals surface area contributed by atoms with Crippen molar-refractivity contribution in [2.24, 2.45) is 17.8 Å². The van der Waals surface area contributed by atoms with Crippen LogP contribution in [0.5, 0.6) is 0 Å². The van der Waals surface area contributed by atoms with E-state index < -0.39 is 30.6 Å². The van der Waals surface area contributed by atoms with Crippen LogP contribution in [0.2, 0.25) is 0 Å². The van der Waals surface area contributed by atoms with Crippen LogP contribution < -0.4 is 10.6 Å². The molecule has 2 aliphatic rings. The number of amides is 2. The van der Waals surface area contributed by atoms with Crippen LogP contribution >= 0.6 is 18.5 Å². The second kappa shape index (κ2) is 49.6. The summed E-state index contributed by atoms with van der Waals surface area (Å²) >= 11 is 1.67. The second-order valence-electron chi connectivity index (χ2n) is 14.1. The number of hydrogen-bond acceptors (Lipinski definition) is 15. The summed E-state index contributed by atoms with van der Waals surface area (Å²) < 4.78 is 59.0. The molecule has 2 saturated carbocycles. The summed E-state index contributed by atoms with van der Waals surface area (Å²) in [7, 11) is 7.33. The van der Waals surface area contributed by atoms with Crippen molar-refractivity contribution in [2.75, 3.05) is 79.7 Å². The van der Waals surface area contributed by atoms with Gasteiger partial charge in [-0.15, -0.1) is 0 Å². The molecule has 17 nitrogen and oxygen atoms in total. The topological polar surface area (TPSA) is 224 Å². The van der Waals surface area contributed by atoms with E-state index in [0.717, 1.165) is 44.3 Å². The fraction of sp³-hybridized carbons (Fsp3) is 0.721. The molecule has 0 heterocycles. The van der Waals surface area contributed by atoms with Gasteiger partial charge >= 0.3 is 44.3 Å². The monoisotopic (exact) mass is 963 g/mol. The molecule has 2 aliphatic carbocycles. The van der Waals surface area contributed by atoms with E-state index in [2.05, 4.69) is 49.1 Å². The zero-order valence-electron chi connectivity index (χ0n) is 40.6. The molecule has 7 unspecified atom stereocenters. The number of nitrogens with one attached hydrogen (secondary N) is 3. The first-order valence-electron chi connectivity index (χ1n) is 22.2. The first-order valence-corrected chi connectivity index (χ1v) is 22.9. The number of methoxy groups -OCH3 is 2. The van der Waals surface area contributed by atoms with Crippen molar-refractivity contribution in [1.82, 2.24) is 10.6 Å². The van der Waals surface area contributed by atoms with Crippen LogP contribution in [0.15, 0.2) is 38.0 Å². The van der Waals surface area contributed by atoms with Gasteiger partial charge < -0.3 is 48.5 Å². The zero-order chi connectivity index (χ0) is 49.8. The van der Waals surface area contributed by atoms with E-state index in [0.29, 0.717) is 71.0 Å². The van der Waals surface area contributed by atoms with Crippen molar-refractivity contribution in [3.8, 4) is 0 Å². The Morgan fingerprint density at radius 3 is 1.55 bits per heavy atom. The molecule has 2 amide bonds. The van der Waals surface area contributed by atoms with E-state index in [4.69, 9.17) is 35.5 Å². The molecule has 0 aromatic rings. The van der Waals surface area contributed by atoms with Crippen LogP contribution in [0.25, 0.3) is 0 Å². The van der Waals surface area contributed by atoms with Gasteiger partial charge in [0.2, 0.25) is 11.8 Å². The van der Waals surface area contributed by atoms with Crippen molar-refractivity contribution in [3.05, 3.63) is 38.0 Å². The predicted molar refractivity (Wildman–Crippen MR) is 255 cm³/mol. The van der Waals surface area contributed by atoms with Gasteiger partial charge in [-0.3, -0.25) is 19.2 Å². The van der Waals surface area contributed by atoms with Gasteiger partial charge in [-0.2, -0.15) is 0 Å². The summed E-state index contributed by atoms with van der Waals surface area (Å²) in [5, 5.41) is 5.88. The van der Waals surface area contributed by atoms with Gasteiger partial charge in [-0.1, -0.05) is 58.5 Å². The molecular weight excluding hydrogens is 882 g/mol. The molecule has 0 aromatic carbocycles. The van der Waals surface area contributed by atoms with Crippen molar-refractivity contribution in [2.45, 2.75) is 103 Å². The Balaban J connectivity index is -0.000000484. The molecule has 0 saturated heterocycles. The fourth-order valence-corrected chi connectivity index (χ4v) is 5.77. The van der Waals surface area contributed by atoms with Crippen molar-refractivity contribution in [1.29, 1.82) is 4.35 Å². The van der Waals surface area contributed by atoms with E-state index in [9.17, 15) is 28.8 Å². The van der Waals surface area contributed by atoms with Gasteiger partial charge in [0.05, 0.1) is 42.4 Å². The Labute approximate surface area is 400 Å². The average molecular weight is 964 g/mol. The molecule has 0 spiro atoms. The normalized spacial score (nSPS) is 15.1. The Hall–Kier alpha value is -2.86. The summed E-state index contributed by atoms with van der Waals surface area (Å²) in [6, 6.07) is 0.750. The molecule has 0 aliphatic heterocycles. The maximum atomic E-state index is 12.5. The summed E-state index contributed by atoms with van der Waals surface area (Å²) in [5.41, 5.74) is 0. The molecule has 21 heteroatoms. The van der Waals surface area contributed by atoms with Gasteiger partial charge in [-0.05, 0) is 75.2 Å². The Kier molecular flexibility index (Phi) is 49.0. The summed E-state index contributed by atoms with van der Waals surface area (Å²) in [4.78, 5) is 68.1. The number of rotatable bonds is 30. The first kappa shape index (κ1) is 63.2. The molecular formula is C43H77AlBN3O14P2. The molecule has 64 heavy (non-hydrogen) atoms. The first-order chi connectivity index (χ1) is 31.0. The van der Waals surface area contributed by atoms with Crippen LogP contribution in [0.4, 0.5) is 0 Å². The number of carbonyl (C=O) groups excluding carboxylic acids is 6. The average Bonchev–Trinajstić information content (AvgIpc) is 3.23. The minimum absolute atomic E-state index is 0. The zero-order valence-corrected chi connectivity index (χ0v) is 42.0. The van der Waals surface area contributed by atoms with Crippen LogP contribution in [-0.2, 0) is 66.7 Å². The molecule has 2 fully saturated rings. The van der Waals surface area contributed by atoms with Gasteiger partial charge in [0.1, 0.15) is 25.9 Å². The van der Waals surface area contributed by atoms with Crippen LogP contribution in [0.1, 0.15) is 93.6 Å². The third-order valence-corrected chi connectivity index (χ3v) is 9.35. The third kappa shape index (κ3) is 44.3. The van der Waals surface area contributed by atoms with E-state index in [1.807, 2.05) is 23.1 Å². The van der Waals surface area contributed by atoms with Gasteiger partial charge in [-0.25, -0.2) is 9.59 Å². The number of ether oxygens (including phenoxy) is 8. The number of hydrogen-bond donors (Lipinski definition) is 3. The van der Waals surface area contributed by atoms with Crippen LogP contribution in [0, 0.1) is 22.1 Å². The molecule has 0 bridgehead atoms. The molecule has 4 radical (unpaired) electrons. The molecule has 364 valence electrons. The molecule has 2 rings (SSSR count). The summed E-state index contributed by atoms with van der Waals surface area (Å²) in [6.07, 6.45) is 11.3. The third-order valence-electron chi connectivity index (χ3n) is 9.07. The molecule has 7 atom stereocenters. The van der Waals surface area contributed by atoms with Gasteiger partial charge in [0.15, 0.2) is 0 Å².